The summed E-state index contributed by atoms with van der Waals surface area (Å²) in [6.07, 6.45) is 0.133. The lowest BCUT2D eigenvalue weighted by molar-refractivity contribution is -0.140. The highest BCUT2D eigenvalue weighted by Crippen LogP contribution is 2.19. The van der Waals surface area contributed by atoms with Gasteiger partial charge >= 0.3 is 5.97 Å². The summed E-state index contributed by atoms with van der Waals surface area (Å²) < 4.78 is 16.2. The van der Waals surface area contributed by atoms with Crippen LogP contribution in [0.2, 0.25) is 5.02 Å². The fourth-order valence-corrected chi connectivity index (χ4v) is 2.50. The molecule has 0 fully saturated rings. The van der Waals surface area contributed by atoms with E-state index < -0.39 is 10.8 Å². The van der Waals surface area contributed by atoms with Crippen LogP contribution in [0, 0.1) is 0 Å². The Hall–Kier alpha value is -0.870. The number of benzene rings is 1. The number of esters is 1. The van der Waals surface area contributed by atoms with Crippen LogP contribution >= 0.6 is 11.6 Å². The summed E-state index contributed by atoms with van der Waals surface area (Å²) in [5, 5.41) is 0.459. The van der Waals surface area contributed by atoms with E-state index >= 15 is 0 Å². The van der Waals surface area contributed by atoms with Crippen LogP contribution in [0.3, 0.4) is 0 Å². The van der Waals surface area contributed by atoms with E-state index in [-0.39, 0.29) is 18.1 Å². The van der Waals surface area contributed by atoms with Crippen molar-refractivity contribution in [2.24, 2.45) is 0 Å². The summed E-state index contributed by atoms with van der Waals surface area (Å²) in [4.78, 5) is 11.4. The fourth-order valence-electron chi connectivity index (χ4n) is 1.02. The second kappa shape index (κ2) is 5.88. The largest absolute Gasteiger partial charge is 0.469 e. The zero-order valence-electron chi connectivity index (χ0n) is 8.23. The zero-order valence-corrected chi connectivity index (χ0v) is 9.81. The highest BCUT2D eigenvalue weighted by Gasteiger charge is 2.10. The minimum atomic E-state index is -1.25. The third-order valence-electron chi connectivity index (χ3n) is 1.80. The number of hydrogen-bond donors (Lipinski definition) is 0. The second-order valence-electron chi connectivity index (χ2n) is 2.81. The number of hydrogen-bond acceptors (Lipinski definition) is 3. The Morgan fingerprint density at radius 3 is 2.73 bits per heavy atom. The average Bonchev–Trinajstić information content (AvgIpc) is 2.26. The Morgan fingerprint density at radius 2 is 2.13 bits per heavy atom. The van der Waals surface area contributed by atoms with Crippen molar-refractivity contribution in [2.75, 3.05) is 12.9 Å². The molecule has 0 saturated carbocycles. The molecule has 3 nitrogen and oxygen atoms in total. The Labute approximate surface area is 95.8 Å². The van der Waals surface area contributed by atoms with Gasteiger partial charge in [0, 0.05) is 5.75 Å². The minimum absolute atomic E-state index is 0.133. The van der Waals surface area contributed by atoms with Crippen molar-refractivity contribution in [1.82, 2.24) is 0 Å². The van der Waals surface area contributed by atoms with Crippen molar-refractivity contribution in [3.63, 3.8) is 0 Å². The number of rotatable bonds is 4. The normalized spacial score (nSPS) is 12.1. The topological polar surface area (TPSA) is 43.4 Å². The van der Waals surface area contributed by atoms with Gasteiger partial charge in [-0.2, -0.15) is 0 Å². The lowest BCUT2D eigenvalue weighted by atomic mass is 10.4. The molecular weight excluding hydrogens is 236 g/mol. The van der Waals surface area contributed by atoms with Crippen LogP contribution in [-0.2, 0) is 20.3 Å². The summed E-state index contributed by atoms with van der Waals surface area (Å²) in [6, 6.07) is 6.89. The van der Waals surface area contributed by atoms with Gasteiger partial charge in [0.2, 0.25) is 0 Å². The molecule has 1 atom stereocenters. The molecule has 1 unspecified atom stereocenters. The second-order valence-corrected chi connectivity index (χ2v) is 4.75. The predicted octanol–water partition coefficient (Wildman–Crippen LogP) is 2.01. The van der Waals surface area contributed by atoms with Crippen molar-refractivity contribution in [1.29, 1.82) is 0 Å². The maximum atomic E-state index is 11.7. The van der Waals surface area contributed by atoms with E-state index in [1.807, 2.05) is 0 Å². The van der Waals surface area contributed by atoms with E-state index in [1.54, 1.807) is 24.3 Å². The molecule has 0 aliphatic carbocycles. The van der Waals surface area contributed by atoms with Crippen molar-refractivity contribution < 1.29 is 13.7 Å². The van der Waals surface area contributed by atoms with E-state index in [9.17, 15) is 9.00 Å². The van der Waals surface area contributed by atoms with Gasteiger partial charge in [0.15, 0.2) is 0 Å². The van der Waals surface area contributed by atoms with E-state index in [0.717, 1.165) is 0 Å². The smallest absolute Gasteiger partial charge is 0.306 e. The first-order valence-electron chi connectivity index (χ1n) is 4.35. The maximum Gasteiger partial charge on any atom is 0.306 e. The van der Waals surface area contributed by atoms with Gasteiger partial charge in [-0.15, -0.1) is 0 Å². The van der Waals surface area contributed by atoms with Gasteiger partial charge < -0.3 is 4.74 Å². The third kappa shape index (κ3) is 3.64. The Bertz CT molecular complexity index is 379. The molecule has 15 heavy (non-hydrogen) atoms. The molecule has 0 N–H and O–H groups in total. The van der Waals surface area contributed by atoms with E-state index in [1.165, 1.54) is 7.11 Å². The molecule has 0 bridgehead atoms. The molecule has 0 saturated heterocycles. The van der Waals surface area contributed by atoms with Crippen molar-refractivity contribution in [2.45, 2.75) is 11.3 Å². The number of carbonyl (C=O) groups is 1. The van der Waals surface area contributed by atoms with E-state index in [4.69, 9.17) is 11.6 Å². The molecule has 0 radical (unpaired) electrons. The average molecular weight is 247 g/mol. The quantitative estimate of drug-likeness (QED) is 0.764. The van der Waals surface area contributed by atoms with Crippen LogP contribution in [0.25, 0.3) is 0 Å². The molecule has 82 valence electrons. The maximum absolute atomic E-state index is 11.7. The Balaban J connectivity index is 2.62. The van der Waals surface area contributed by atoms with Crippen LogP contribution in [0.15, 0.2) is 29.2 Å². The third-order valence-corrected chi connectivity index (χ3v) is 3.66. The summed E-state index contributed by atoms with van der Waals surface area (Å²) in [5.74, 6) is -0.133. The molecule has 0 spiro atoms. The van der Waals surface area contributed by atoms with Crippen LogP contribution in [-0.4, -0.2) is 23.0 Å². The van der Waals surface area contributed by atoms with Crippen LogP contribution < -0.4 is 0 Å². The molecule has 1 aromatic rings. The number of methoxy groups -OCH3 is 1. The zero-order chi connectivity index (χ0) is 11.3. The first-order valence-corrected chi connectivity index (χ1v) is 6.04. The number of ether oxygens (including phenoxy) is 1. The van der Waals surface area contributed by atoms with Crippen molar-refractivity contribution in [3.05, 3.63) is 29.3 Å². The van der Waals surface area contributed by atoms with Gasteiger partial charge in [0.05, 0.1) is 34.2 Å². The molecule has 0 heterocycles. The first-order chi connectivity index (χ1) is 7.15. The van der Waals surface area contributed by atoms with Gasteiger partial charge in [-0.3, -0.25) is 9.00 Å². The first kappa shape index (κ1) is 12.2. The number of carbonyl (C=O) groups excluding carboxylic acids is 1. The van der Waals surface area contributed by atoms with E-state index in [2.05, 4.69) is 4.74 Å². The molecule has 0 aliphatic rings. The minimum Gasteiger partial charge on any atom is -0.469 e. The van der Waals surface area contributed by atoms with Gasteiger partial charge in [0.1, 0.15) is 0 Å². The predicted molar refractivity (Wildman–Crippen MR) is 59.4 cm³/mol. The Kier molecular flexibility index (Phi) is 4.78. The van der Waals surface area contributed by atoms with Crippen molar-refractivity contribution >= 4 is 28.4 Å². The summed E-state index contributed by atoms with van der Waals surface area (Å²) >= 11 is 5.86. The van der Waals surface area contributed by atoms with Gasteiger partial charge in [0.25, 0.3) is 0 Å². The lowest BCUT2D eigenvalue weighted by Gasteiger charge is -2.03. The summed E-state index contributed by atoms with van der Waals surface area (Å²) in [6.45, 7) is 0. The van der Waals surface area contributed by atoms with Crippen molar-refractivity contribution in [3.8, 4) is 0 Å². The van der Waals surface area contributed by atoms with Crippen LogP contribution in [0.5, 0.6) is 0 Å². The molecular formula is C10H11ClO3S. The van der Waals surface area contributed by atoms with E-state index in [0.29, 0.717) is 9.92 Å². The molecule has 0 aliphatic heterocycles. The molecule has 1 rings (SSSR count). The molecule has 0 aromatic heterocycles. The fraction of sp³-hybridized carbons (Fsp3) is 0.300. The highest BCUT2D eigenvalue weighted by atomic mass is 35.5. The Morgan fingerprint density at radius 1 is 1.47 bits per heavy atom. The highest BCUT2D eigenvalue weighted by molar-refractivity contribution is 7.85. The van der Waals surface area contributed by atoms with Crippen LogP contribution in [0.1, 0.15) is 6.42 Å². The monoisotopic (exact) mass is 246 g/mol. The summed E-state index contributed by atoms with van der Waals surface area (Å²) in [7, 11) is 0.0564. The molecule has 5 heteroatoms. The SMILES string of the molecule is COC(=O)CCS(=O)c1ccccc1Cl. The lowest BCUT2D eigenvalue weighted by Crippen LogP contribution is -2.07. The van der Waals surface area contributed by atoms with Gasteiger partial charge in [-0.1, -0.05) is 23.7 Å². The van der Waals surface area contributed by atoms with Gasteiger partial charge in [-0.05, 0) is 12.1 Å². The summed E-state index contributed by atoms with van der Waals surface area (Å²) in [5.41, 5.74) is 0. The standard InChI is InChI=1S/C10H11ClO3S/c1-14-10(12)6-7-15(13)9-5-3-2-4-8(9)11/h2-5H,6-7H2,1H3. The molecule has 1 aromatic carbocycles. The number of halogens is 1. The van der Waals surface area contributed by atoms with Gasteiger partial charge in [-0.25, -0.2) is 0 Å². The molecule has 0 amide bonds. The van der Waals surface area contributed by atoms with Crippen LogP contribution in [0.4, 0.5) is 0 Å².